The number of para-hydroxylation sites is 1. The van der Waals surface area contributed by atoms with E-state index in [0.717, 1.165) is 37.8 Å². The molecule has 0 fully saturated rings. The van der Waals surface area contributed by atoms with Crippen LogP contribution in [0.4, 0.5) is 5.69 Å². The maximum absolute atomic E-state index is 12.2. The molecule has 4 nitrogen and oxygen atoms in total. The number of nitrogens with zero attached hydrogens (tertiary/aromatic N) is 1. The van der Waals surface area contributed by atoms with Crippen LogP contribution in [-0.4, -0.2) is 18.4 Å². The molecule has 4 aromatic carbocycles. The summed E-state index contributed by atoms with van der Waals surface area (Å²) in [6.45, 7) is 5.03. The highest BCUT2D eigenvalue weighted by atomic mass is 16.1. The van der Waals surface area contributed by atoms with Gasteiger partial charge in [-0.25, -0.2) is 9.79 Å². The Hall–Kier alpha value is -4.27. The molecule has 244 valence electrons. The van der Waals surface area contributed by atoms with Crippen LogP contribution >= 0.6 is 0 Å². The summed E-state index contributed by atoms with van der Waals surface area (Å²) >= 11 is 0. The second kappa shape index (κ2) is 25.0. The molecule has 0 aromatic heterocycles. The molecule has 0 amide bonds. The number of benzene rings is 4. The average Bonchev–Trinajstić information content (AvgIpc) is 3.08. The van der Waals surface area contributed by atoms with Gasteiger partial charge in [-0.2, -0.15) is 0 Å². The van der Waals surface area contributed by atoms with Crippen molar-refractivity contribution in [3.8, 4) is 0 Å². The number of Topliss-reactive ketones (excluding diaryl/α,β-unsaturated/α-hetero) is 1. The number of ketones is 1. The van der Waals surface area contributed by atoms with E-state index in [-0.39, 0.29) is 0 Å². The maximum Gasteiger partial charge on any atom is 0.234 e. The number of aliphatic imine (C=N–C) groups is 1. The molecule has 0 unspecified atom stereocenters. The molecule has 0 saturated carbocycles. The number of carbonyl (C=O) groups excluding carboxylic acids is 2. The van der Waals surface area contributed by atoms with Crippen LogP contribution in [0.5, 0.6) is 0 Å². The summed E-state index contributed by atoms with van der Waals surface area (Å²) in [6.07, 6.45) is 15.3. The van der Waals surface area contributed by atoms with Crippen LogP contribution in [0.15, 0.2) is 114 Å². The van der Waals surface area contributed by atoms with E-state index in [2.05, 4.69) is 91.6 Å². The van der Waals surface area contributed by atoms with Crippen molar-refractivity contribution in [2.24, 2.45) is 4.99 Å². The minimum atomic E-state index is 0.377. The van der Waals surface area contributed by atoms with Gasteiger partial charge in [0.05, 0.1) is 6.54 Å². The van der Waals surface area contributed by atoms with Crippen molar-refractivity contribution in [1.29, 1.82) is 0 Å². The van der Waals surface area contributed by atoms with Gasteiger partial charge in [-0.05, 0) is 59.6 Å². The number of anilines is 1. The molecule has 0 atom stereocenters. The van der Waals surface area contributed by atoms with E-state index in [1.165, 1.54) is 78.8 Å². The first-order valence-electron chi connectivity index (χ1n) is 17.1. The third kappa shape index (κ3) is 17.3. The van der Waals surface area contributed by atoms with Crippen LogP contribution in [-0.2, 0) is 28.9 Å². The molecule has 2 N–H and O–H groups in total. The molecule has 0 aliphatic carbocycles. The fourth-order valence-corrected chi connectivity index (χ4v) is 5.12. The molecule has 0 spiro atoms. The molecule has 0 aliphatic heterocycles. The molecular weight excluding hydrogens is 564 g/mol. The number of hydrogen-bond donors (Lipinski definition) is 1. The fourth-order valence-electron chi connectivity index (χ4n) is 5.12. The van der Waals surface area contributed by atoms with Crippen LogP contribution in [0.3, 0.4) is 0 Å². The van der Waals surface area contributed by atoms with E-state index >= 15 is 0 Å². The fraction of sp³-hybridized carbons (Fsp3) is 0.381. The zero-order valence-electron chi connectivity index (χ0n) is 28.1. The third-order valence-electron chi connectivity index (χ3n) is 7.78. The standard InChI is InChI=1S/C22H28O.C13H13N.C7H13NO/c1-2-3-4-5-9-16-22(23)18-21-15-11-10-14-20(21)17-19-12-7-6-8-13-19;14-13-9-5-4-8-12(13)10-11-6-2-1-3-7-11;1-2-3-4-5-6-8-7-9/h6-8,10-15H,2-5,9,16-18H2,1H3;1-9H,10,14H2;2-6H2,1H3. The van der Waals surface area contributed by atoms with E-state index < -0.39 is 0 Å². The first kappa shape index (κ1) is 37.9. The number of unbranched alkanes of at least 4 members (excludes halogenated alkanes) is 7. The summed E-state index contributed by atoms with van der Waals surface area (Å²) in [5.74, 6) is 0.377. The minimum absolute atomic E-state index is 0.377. The lowest BCUT2D eigenvalue weighted by atomic mass is 9.95. The predicted molar refractivity (Wildman–Crippen MR) is 195 cm³/mol. The van der Waals surface area contributed by atoms with Gasteiger partial charge in [0.25, 0.3) is 0 Å². The summed E-state index contributed by atoms with van der Waals surface area (Å²) in [5.41, 5.74) is 13.0. The number of carbonyl (C=O) groups is 1. The minimum Gasteiger partial charge on any atom is -0.398 e. The smallest absolute Gasteiger partial charge is 0.234 e. The van der Waals surface area contributed by atoms with Gasteiger partial charge in [-0.15, -0.1) is 0 Å². The summed E-state index contributed by atoms with van der Waals surface area (Å²) in [4.78, 5) is 25.2. The van der Waals surface area contributed by atoms with Gasteiger partial charge >= 0.3 is 0 Å². The van der Waals surface area contributed by atoms with Crippen molar-refractivity contribution in [2.45, 2.75) is 97.3 Å². The average molecular weight is 619 g/mol. The largest absolute Gasteiger partial charge is 0.398 e. The number of nitrogen functional groups attached to an aromatic ring is 1. The van der Waals surface area contributed by atoms with Crippen LogP contribution < -0.4 is 5.73 Å². The molecule has 0 heterocycles. The van der Waals surface area contributed by atoms with E-state index in [1.807, 2.05) is 36.4 Å². The van der Waals surface area contributed by atoms with E-state index in [1.54, 1.807) is 0 Å². The highest BCUT2D eigenvalue weighted by molar-refractivity contribution is 5.81. The topological polar surface area (TPSA) is 72.5 Å². The van der Waals surface area contributed by atoms with Gasteiger partial charge < -0.3 is 5.73 Å². The van der Waals surface area contributed by atoms with Gasteiger partial charge in [0.2, 0.25) is 6.08 Å². The molecule has 4 aromatic rings. The monoisotopic (exact) mass is 618 g/mol. The highest BCUT2D eigenvalue weighted by Gasteiger charge is 2.08. The summed E-state index contributed by atoms with van der Waals surface area (Å²) in [5, 5.41) is 0. The van der Waals surface area contributed by atoms with Gasteiger partial charge in [-0.3, -0.25) is 4.79 Å². The van der Waals surface area contributed by atoms with Gasteiger partial charge in [-0.1, -0.05) is 162 Å². The quantitative estimate of drug-likeness (QED) is 0.0554. The molecule has 46 heavy (non-hydrogen) atoms. The molecule has 0 aliphatic rings. The van der Waals surface area contributed by atoms with Crippen LogP contribution in [0, 0.1) is 0 Å². The number of rotatable bonds is 17. The first-order valence-corrected chi connectivity index (χ1v) is 17.1. The van der Waals surface area contributed by atoms with Gasteiger partial charge in [0, 0.05) is 18.5 Å². The molecule has 0 radical (unpaired) electrons. The van der Waals surface area contributed by atoms with Crippen molar-refractivity contribution in [1.82, 2.24) is 0 Å². The summed E-state index contributed by atoms with van der Waals surface area (Å²) < 4.78 is 0. The number of nitrogens with two attached hydrogens (primary N) is 1. The van der Waals surface area contributed by atoms with Crippen molar-refractivity contribution >= 4 is 17.6 Å². The lowest BCUT2D eigenvalue weighted by Gasteiger charge is -2.09. The summed E-state index contributed by atoms with van der Waals surface area (Å²) in [7, 11) is 0. The second-order valence-electron chi connectivity index (χ2n) is 11.7. The zero-order valence-corrected chi connectivity index (χ0v) is 28.1. The zero-order chi connectivity index (χ0) is 33.1. The van der Waals surface area contributed by atoms with E-state index in [9.17, 15) is 9.59 Å². The molecule has 4 heteroatoms. The van der Waals surface area contributed by atoms with Crippen LogP contribution in [0.2, 0.25) is 0 Å². The maximum atomic E-state index is 12.2. The van der Waals surface area contributed by atoms with Crippen molar-refractivity contribution in [3.63, 3.8) is 0 Å². The van der Waals surface area contributed by atoms with Crippen molar-refractivity contribution in [3.05, 3.63) is 137 Å². The molecule has 0 saturated heterocycles. The Kier molecular flexibility index (Phi) is 20.6. The number of isocyanates is 1. The Bertz CT molecular complexity index is 1400. The van der Waals surface area contributed by atoms with E-state index in [4.69, 9.17) is 5.73 Å². The van der Waals surface area contributed by atoms with Crippen molar-refractivity contribution in [2.75, 3.05) is 12.3 Å². The number of hydrogen-bond acceptors (Lipinski definition) is 4. The second-order valence-corrected chi connectivity index (χ2v) is 11.7. The van der Waals surface area contributed by atoms with Crippen LogP contribution in [0.25, 0.3) is 0 Å². The predicted octanol–water partition coefficient (Wildman–Crippen LogP) is 10.5. The third-order valence-corrected chi connectivity index (χ3v) is 7.78. The molecule has 0 bridgehead atoms. The Balaban J connectivity index is 0.000000271. The lowest BCUT2D eigenvalue weighted by Crippen LogP contribution is -2.05. The normalized spacial score (nSPS) is 10.0. The Morgan fingerprint density at radius 1 is 0.587 bits per heavy atom. The highest BCUT2D eigenvalue weighted by Crippen LogP contribution is 2.17. The Labute approximate surface area is 278 Å². The molecular formula is C42H54N2O2. The molecule has 4 rings (SSSR count). The van der Waals surface area contributed by atoms with Gasteiger partial charge in [0.15, 0.2) is 0 Å². The van der Waals surface area contributed by atoms with E-state index in [0.29, 0.717) is 18.7 Å². The Morgan fingerprint density at radius 3 is 1.63 bits per heavy atom. The van der Waals surface area contributed by atoms with Gasteiger partial charge in [0.1, 0.15) is 5.78 Å². The first-order chi connectivity index (χ1) is 22.6. The SMILES string of the molecule is CCCCCCCC(=O)Cc1ccccc1Cc1ccccc1.CCCCCCN=C=O.Nc1ccccc1Cc1ccccc1. The van der Waals surface area contributed by atoms with Crippen LogP contribution in [0.1, 0.15) is 106 Å². The van der Waals surface area contributed by atoms with Crippen molar-refractivity contribution < 1.29 is 9.59 Å². The lowest BCUT2D eigenvalue weighted by molar-refractivity contribution is -0.118. The Morgan fingerprint density at radius 2 is 1.07 bits per heavy atom. The summed E-state index contributed by atoms with van der Waals surface area (Å²) in [6, 6.07) is 37.2.